The molecule has 1 aromatic carbocycles. The number of fused-ring (bicyclic) bond motifs is 2. The molecule has 0 aliphatic carbocycles. The first-order valence-corrected chi connectivity index (χ1v) is 10.8. The second kappa shape index (κ2) is 7.77. The van der Waals surface area contributed by atoms with Crippen molar-refractivity contribution >= 4 is 44.9 Å². The molecule has 2 aromatic heterocycles. The van der Waals surface area contributed by atoms with Crippen molar-refractivity contribution in [2.45, 2.75) is 39.4 Å². The van der Waals surface area contributed by atoms with Gasteiger partial charge in [0.25, 0.3) is 5.91 Å². The Labute approximate surface area is 185 Å². The molecule has 10 heteroatoms. The number of aromatic nitrogens is 1. The molecule has 1 aliphatic heterocycles. The van der Waals surface area contributed by atoms with Crippen LogP contribution in [0.15, 0.2) is 29.6 Å². The number of amides is 2. The van der Waals surface area contributed by atoms with Gasteiger partial charge in [-0.1, -0.05) is 6.92 Å². The number of carbonyl (C=O) groups excluding carboxylic acids is 1. The lowest BCUT2D eigenvalue weighted by molar-refractivity contribution is -0.141. The van der Waals surface area contributed by atoms with Crippen LogP contribution in [0.1, 0.15) is 40.5 Å². The summed E-state index contributed by atoms with van der Waals surface area (Å²) in [6.45, 7) is 5.33. The Morgan fingerprint density at radius 2 is 1.84 bits per heavy atom. The van der Waals surface area contributed by atoms with Gasteiger partial charge in [-0.3, -0.25) is 9.69 Å². The molecule has 0 bridgehead atoms. The van der Waals surface area contributed by atoms with Gasteiger partial charge in [-0.2, -0.15) is 13.2 Å². The van der Waals surface area contributed by atoms with Crippen molar-refractivity contribution in [1.82, 2.24) is 4.98 Å². The van der Waals surface area contributed by atoms with E-state index in [1.807, 2.05) is 6.92 Å². The third kappa shape index (κ3) is 3.58. The van der Waals surface area contributed by atoms with Gasteiger partial charge in [0.15, 0.2) is 5.69 Å². The van der Waals surface area contributed by atoms with Crippen LogP contribution in [0, 0.1) is 13.8 Å². The van der Waals surface area contributed by atoms with Crippen molar-refractivity contribution in [2.75, 3.05) is 16.3 Å². The molecule has 0 saturated carbocycles. The summed E-state index contributed by atoms with van der Waals surface area (Å²) >= 11 is 1.20. The average molecular weight is 463 g/mol. The standard InChI is InChI=1S/C22H20F3N3O3S/c1-4-13-10-27(16-7-11(2)12(3)8-17(16)28(13)21(30)31)20(29)14-9-18-15(5-6-32-18)26-19(14)22(23,24)25/h5-9,13H,4,10H2,1-3H3,(H,30,31). The maximum atomic E-state index is 13.8. The lowest BCUT2D eigenvalue weighted by Crippen LogP contribution is -2.53. The first-order valence-electron chi connectivity index (χ1n) is 9.93. The third-order valence-corrected chi connectivity index (χ3v) is 6.61. The van der Waals surface area contributed by atoms with Gasteiger partial charge in [0, 0.05) is 6.54 Å². The van der Waals surface area contributed by atoms with Crippen LogP contribution in [0.2, 0.25) is 0 Å². The van der Waals surface area contributed by atoms with Gasteiger partial charge in [0.1, 0.15) is 0 Å². The first kappa shape index (κ1) is 22.1. The molecule has 1 unspecified atom stereocenters. The number of thiophene rings is 1. The summed E-state index contributed by atoms with van der Waals surface area (Å²) in [5.74, 6) is -0.854. The number of anilines is 2. The fraction of sp³-hybridized carbons (Fsp3) is 0.318. The molecule has 6 nitrogen and oxygen atoms in total. The summed E-state index contributed by atoms with van der Waals surface area (Å²) in [5.41, 5.74) is 0.549. The van der Waals surface area contributed by atoms with Crippen LogP contribution < -0.4 is 9.80 Å². The van der Waals surface area contributed by atoms with Crippen LogP contribution in [0.5, 0.6) is 0 Å². The average Bonchev–Trinajstić information content (AvgIpc) is 3.19. The first-order chi connectivity index (χ1) is 15.0. The molecule has 4 rings (SSSR count). The number of hydrogen-bond acceptors (Lipinski definition) is 4. The van der Waals surface area contributed by atoms with Crippen LogP contribution in [0.3, 0.4) is 0 Å². The predicted octanol–water partition coefficient (Wildman–Crippen LogP) is 5.86. The highest BCUT2D eigenvalue weighted by Gasteiger charge is 2.42. The van der Waals surface area contributed by atoms with Crippen LogP contribution >= 0.6 is 11.3 Å². The highest BCUT2D eigenvalue weighted by molar-refractivity contribution is 7.17. The summed E-state index contributed by atoms with van der Waals surface area (Å²) in [4.78, 5) is 31.7. The molecule has 2 amide bonds. The highest BCUT2D eigenvalue weighted by Crippen LogP contribution is 2.41. The van der Waals surface area contributed by atoms with Crippen molar-refractivity contribution in [2.24, 2.45) is 0 Å². The number of carboxylic acid groups (broad SMARTS) is 1. The second-order valence-electron chi connectivity index (χ2n) is 7.74. The Kier molecular flexibility index (Phi) is 5.36. The number of aryl methyl sites for hydroxylation is 2. The monoisotopic (exact) mass is 463 g/mol. The largest absolute Gasteiger partial charge is 0.465 e. The highest BCUT2D eigenvalue weighted by atomic mass is 32.1. The molecule has 0 fully saturated rings. The quantitative estimate of drug-likeness (QED) is 0.517. The van der Waals surface area contributed by atoms with Crippen molar-refractivity contribution < 1.29 is 27.9 Å². The maximum Gasteiger partial charge on any atom is 0.434 e. The molecule has 0 saturated heterocycles. The third-order valence-electron chi connectivity index (χ3n) is 5.76. The van der Waals surface area contributed by atoms with Gasteiger partial charge in [0.05, 0.1) is 33.2 Å². The molecule has 1 aliphatic rings. The summed E-state index contributed by atoms with van der Waals surface area (Å²) in [6, 6.07) is 5.41. The zero-order valence-electron chi connectivity index (χ0n) is 17.5. The lowest BCUT2D eigenvalue weighted by atomic mass is 9.99. The molecule has 1 N–H and O–H groups in total. The molecule has 3 aromatic rings. The normalized spacial score (nSPS) is 16.4. The van der Waals surface area contributed by atoms with Crippen molar-refractivity contribution in [1.29, 1.82) is 0 Å². The molecule has 0 spiro atoms. The number of hydrogen-bond donors (Lipinski definition) is 1. The summed E-state index contributed by atoms with van der Waals surface area (Å²) in [5, 5.41) is 11.4. The van der Waals surface area contributed by atoms with Gasteiger partial charge in [-0.05, 0) is 61.0 Å². The van der Waals surface area contributed by atoms with Crippen molar-refractivity contribution in [3.05, 3.63) is 52.0 Å². The Morgan fingerprint density at radius 3 is 2.44 bits per heavy atom. The van der Waals surface area contributed by atoms with E-state index in [1.54, 1.807) is 31.4 Å². The van der Waals surface area contributed by atoms with Gasteiger partial charge in [0.2, 0.25) is 0 Å². The zero-order valence-corrected chi connectivity index (χ0v) is 18.3. The lowest BCUT2D eigenvalue weighted by Gasteiger charge is -2.41. The molecule has 0 radical (unpaired) electrons. The van der Waals surface area contributed by atoms with E-state index >= 15 is 0 Å². The summed E-state index contributed by atoms with van der Waals surface area (Å²) in [6.07, 6.45) is -5.61. The van der Waals surface area contributed by atoms with E-state index in [4.69, 9.17) is 0 Å². The molecular weight excluding hydrogens is 443 g/mol. The number of halogens is 3. The molecule has 168 valence electrons. The smallest absolute Gasteiger partial charge is 0.434 e. The Bertz CT molecular complexity index is 1240. The molecular formula is C22H20F3N3O3S. The van der Waals surface area contributed by atoms with E-state index in [9.17, 15) is 27.9 Å². The van der Waals surface area contributed by atoms with Gasteiger partial charge in [-0.15, -0.1) is 11.3 Å². The van der Waals surface area contributed by atoms with E-state index in [2.05, 4.69) is 4.98 Å². The van der Waals surface area contributed by atoms with Crippen molar-refractivity contribution in [3.8, 4) is 0 Å². The number of pyridine rings is 1. The minimum atomic E-state index is -4.82. The molecule has 1 atom stereocenters. The maximum absolute atomic E-state index is 13.8. The zero-order chi connectivity index (χ0) is 23.4. The van der Waals surface area contributed by atoms with Gasteiger partial charge < -0.3 is 10.0 Å². The minimum Gasteiger partial charge on any atom is -0.465 e. The Morgan fingerprint density at radius 1 is 1.19 bits per heavy atom. The fourth-order valence-corrected chi connectivity index (χ4v) is 4.73. The number of rotatable bonds is 2. The Hall–Kier alpha value is -3.14. The van der Waals surface area contributed by atoms with Crippen LogP contribution in [-0.2, 0) is 6.18 Å². The number of benzene rings is 1. The van der Waals surface area contributed by atoms with E-state index in [0.717, 1.165) is 11.1 Å². The van der Waals surface area contributed by atoms with Crippen LogP contribution in [0.25, 0.3) is 10.2 Å². The predicted molar refractivity (Wildman–Crippen MR) is 117 cm³/mol. The Balaban J connectivity index is 1.92. The van der Waals surface area contributed by atoms with E-state index in [-0.39, 0.29) is 23.4 Å². The van der Waals surface area contributed by atoms with Crippen LogP contribution in [0.4, 0.5) is 29.3 Å². The minimum absolute atomic E-state index is 0.0586. The number of nitrogens with zero attached hydrogens (tertiary/aromatic N) is 3. The molecule has 3 heterocycles. The number of alkyl halides is 3. The second-order valence-corrected chi connectivity index (χ2v) is 8.69. The summed E-state index contributed by atoms with van der Waals surface area (Å²) < 4.78 is 41.9. The topological polar surface area (TPSA) is 73.7 Å². The fourth-order valence-electron chi connectivity index (χ4n) is 3.96. The van der Waals surface area contributed by atoms with Gasteiger partial charge in [-0.25, -0.2) is 9.78 Å². The van der Waals surface area contributed by atoms with Crippen LogP contribution in [-0.4, -0.2) is 34.7 Å². The molecule has 32 heavy (non-hydrogen) atoms. The van der Waals surface area contributed by atoms with E-state index in [1.165, 1.54) is 33.3 Å². The SMILES string of the molecule is CCC1CN(C(=O)c2cc3sccc3nc2C(F)(F)F)c2cc(C)c(C)cc2N1C(=O)O. The summed E-state index contributed by atoms with van der Waals surface area (Å²) in [7, 11) is 0. The van der Waals surface area contributed by atoms with Crippen molar-refractivity contribution in [3.63, 3.8) is 0 Å². The van der Waals surface area contributed by atoms with Gasteiger partial charge >= 0.3 is 12.3 Å². The van der Waals surface area contributed by atoms with E-state index in [0.29, 0.717) is 11.1 Å². The van der Waals surface area contributed by atoms with E-state index < -0.39 is 35.5 Å². The number of carbonyl (C=O) groups is 2.